The van der Waals surface area contributed by atoms with E-state index in [0.717, 1.165) is 36.3 Å². The molecule has 0 bridgehead atoms. The van der Waals surface area contributed by atoms with Crippen molar-refractivity contribution >= 4 is 29.0 Å². The topological polar surface area (TPSA) is 90.5 Å². The van der Waals surface area contributed by atoms with Crippen LogP contribution in [0.2, 0.25) is 0 Å². The predicted molar refractivity (Wildman–Crippen MR) is 122 cm³/mol. The van der Waals surface area contributed by atoms with Gasteiger partial charge in [-0.25, -0.2) is 0 Å². The number of anilines is 1. The average molecular weight is 431 g/mol. The molecule has 0 aromatic heterocycles. The molecular weight excluding hydrogens is 404 g/mol. The average Bonchev–Trinajstić information content (AvgIpc) is 3.14. The number of nitrogens with one attached hydrogen (secondary N) is 3. The molecule has 3 N–H and O–H groups in total. The summed E-state index contributed by atoms with van der Waals surface area (Å²) < 4.78 is 0. The zero-order chi connectivity index (χ0) is 22.1. The SMILES string of the molecule is O=C1CCC(N2Cc3cc(CNc4ccc(C5=CCNCC5)cc4)ccc3C2=O)C(=O)N1. The monoisotopic (exact) mass is 430 g/mol. The highest BCUT2D eigenvalue weighted by Gasteiger charge is 2.39. The van der Waals surface area contributed by atoms with Gasteiger partial charge in [0, 0.05) is 37.3 Å². The lowest BCUT2D eigenvalue weighted by Crippen LogP contribution is -2.52. The summed E-state index contributed by atoms with van der Waals surface area (Å²) in [6, 6.07) is 13.7. The summed E-state index contributed by atoms with van der Waals surface area (Å²) in [5.74, 6) is -0.797. The van der Waals surface area contributed by atoms with Crippen LogP contribution in [0.1, 0.15) is 46.3 Å². The van der Waals surface area contributed by atoms with E-state index in [-0.39, 0.29) is 24.1 Å². The third-order valence-corrected chi connectivity index (χ3v) is 6.40. The number of amides is 3. The second kappa shape index (κ2) is 8.59. The molecule has 3 amide bonds. The maximum atomic E-state index is 12.8. The second-order valence-corrected chi connectivity index (χ2v) is 8.51. The molecule has 0 radical (unpaired) electrons. The molecule has 0 spiro atoms. The van der Waals surface area contributed by atoms with Crippen molar-refractivity contribution in [2.75, 3.05) is 18.4 Å². The number of imide groups is 1. The largest absolute Gasteiger partial charge is 0.381 e. The summed E-state index contributed by atoms with van der Waals surface area (Å²) >= 11 is 0. The van der Waals surface area contributed by atoms with Crippen molar-refractivity contribution in [1.82, 2.24) is 15.5 Å². The number of benzene rings is 2. The van der Waals surface area contributed by atoms with E-state index in [9.17, 15) is 14.4 Å². The molecule has 1 unspecified atom stereocenters. The fraction of sp³-hybridized carbons (Fsp3) is 0.320. The molecule has 3 heterocycles. The van der Waals surface area contributed by atoms with Gasteiger partial charge < -0.3 is 15.5 Å². The molecule has 5 rings (SSSR count). The Morgan fingerprint density at radius 3 is 2.62 bits per heavy atom. The summed E-state index contributed by atoms with van der Waals surface area (Å²) in [5.41, 5.74) is 6.34. The number of hydrogen-bond acceptors (Lipinski definition) is 5. The molecule has 7 nitrogen and oxygen atoms in total. The van der Waals surface area contributed by atoms with Gasteiger partial charge >= 0.3 is 0 Å². The fourth-order valence-corrected chi connectivity index (χ4v) is 4.63. The van der Waals surface area contributed by atoms with Gasteiger partial charge in [0.2, 0.25) is 11.8 Å². The van der Waals surface area contributed by atoms with Gasteiger partial charge in [0.15, 0.2) is 0 Å². The molecule has 2 aromatic rings. The van der Waals surface area contributed by atoms with Gasteiger partial charge in [-0.1, -0.05) is 30.3 Å². The Morgan fingerprint density at radius 2 is 1.88 bits per heavy atom. The number of rotatable bonds is 5. The minimum Gasteiger partial charge on any atom is -0.381 e. The van der Waals surface area contributed by atoms with E-state index in [1.165, 1.54) is 11.1 Å². The minimum absolute atomic E-state index is 0.142. The molecule has 1 fully saturated rings. The molecule has 3 aliphatic rings. The third-order valence-electron chi connectivity index (χ3n) is 6.40. The summed E-state index contributed by atoms with van der Waals surface area (Å²) in [6.45, 7) is 2.99. The van der Waals surface area contributed by atoms with Gasteiger partial charge in [0.1, 0.15) is 6.04 Å². The number of piperidine rings is 1. The van der Waals surface area contributed by atoms with Crippen LogP contribution in [0.5, 0.6) is 0 Å². The van der Waals surface area contributed by atoms with Crippen LogP contribution in [0, 0.1) is 0 Å². The number of carbonyl (C=O) groups is 3. The van der Waals surface area contributed by atoms with E-state index in [0.29, 0.717) is 25.1 Å². The van der Waals surface area contributed by atoms with Gasteiger partial charge in [-0.3, -0.25) is 19.7 Å². The summed E-state index contributed by atoms with van der Waals surface area (Å²) in [5, 5.41) is 9.12. The molecule has 2 aromatic carbocycles. The van der Waals surface area contributed by atoms with Gasteiger partial charge in [-0.2, -0.15) is 0 Å². The molecule has 0 saturated carbocycles. The quantitative estimate of drug-likeness (QED) is 0.634. The van der Waals surface area contributed by atoms with Crippen molar-refractivity contribution < 1.29 is 14.4 Å². The summed E-state index contributed by atoms with van der Waals surface area (Å²) in [7, 11) is 0. The Balaban J connectivity index is 1.23. The summed E-state index contributed by atoms with van der Waals surface area (Å²) in [4.78, 5) is 38.0. The van der Waals surface area contributed by atoms with Crippen LogP contribution in [0.3, 0.4) is 0 Å². The van der Waals surface area contributed by atoms with Gasteiger partial charge in [0.05, 0.1) is 0 Å². The molecule has 32 heavy (non-hydrogen) atoms. The first-order chi connectivity index (χ1) is 15.6. The Hall–Kier alpha value is -3.45. The molecular formula is C25H26N4O3. The molecule has 3 aliphatic heterocycles. The Morgan fingerprint density at radius 1 is 1.03 bits per heavy atom. The normalized spacial score (nSPS) is 20.6. The van der Waals surface area contributed by atoms with Crippen LogP contribution in [-0.2, 0) is 22.7 Å². The number of fused-ring (bicyclic) bond motifs is 1. The molecule has 0 aliphatic carbocycles. The van der Waals surface area contributed by atoms with E-state index < -0.39 is 6.04 Å². The minimum atomic E-state index is -0.581. The number of nitrogens with zero attached hydrogens (tertiary/aromatic N) is 1. The van der Waals surface area contributed by atoms with Crippen LogP contribution >= 0.6 is 0 Å². The lowest BCUT2D eigenvalue weighted by Gasteiger charge is -2.29. The first-order valence-electron chi connectivity index (χ1n) is 11.1. The van der Waals surface area contributed by atoms with Crippen molar-refractivity contribution in [3.63, 3.8) is 0 Å². The highest BCUT2D eigenvalue weighted by molar-refractivity contribution is 6.05. The molecule has 1 atom stereocenters. The van der Waals surface area contributed by atoms with Crippen LogP contribution in [0.25, 0.3) is 5.57 Å². The van der Waals surface area contributed by atoms with E-state index >= 15 is 0 Å². The van der Waals surface area contributed by atoms with E-state index in [4.69, 9.17) is 0 Å². The van der Waals surface area contributed by atoms with E-state index in [1.807, 2.05) is 18.2 Å². The Kier molecular flexibility index (Phi) is 5.49. The van der Waals surface area contributed by atoms with Crippen molar-refractivity contribution in [2.45, 2.75) is 38.4 Å². The fourth-order valence-electron chi connectivity index (χ4n) is 4.63. The maximum Gasteiger partial charge on any atom is 0.255 e. The van der Waals surface area contributed by atoms with Gasteiger partial charge in [-0.05, 0) is 59.8 Å². The van der Waals surface area contributed by atoms with Crippen LogP contribution in [0.15, 0.2) is 48.5 Å². The van der Waals surface area contributed by atoms with Gasteiger partial charge in [-0.15, -0.1) is 0 Å². The van der Waals surface area contributed by atoms with Crippen molar-refractivity contribution in [3.05, 3.63) is 70.8 Å². The van der Waals surface area contributed by atoms with Gasteiger partial charge in [0.25, 0.3) is 5.91 Å². The van der Waals surface area contributed by atoms with Crippen LogP contribution < -0.4 is 16.0 Å². The standard InChI is InChI=1S/C25H26N4O3/c30-23-8-7-22(24(31)28-23)29-15-19-13-16(1-6-21(19)25(29)32)14-27-20-4-2-17(3-5-20)18-9-11-26-12-10-18/h1-6,9,13,22,26-27H,7-8,10-12,14-15H2,(H,28,30,31). The maximum absolute atomic E-state index is 12.8. The van der Waals surface area contributed by atoms with Crippen LogP contribution in [0.4, 0.5) is 5.69 Å². The summed E-state index contributed by atoms with van der Waals surface area (Å²) in [6.07, 6.45) is 3.94. The smallest absolute Gasteiger partial charge is 0.255 e. The lowest BCUT2D eigenvalue weighted by molar-refractivity contribution is -0.136. The predicted octanol–water partition coefficient (Wildman–Crippen LogP) is 2.44. The molecule has 7 heteroatoms. The van der Waals surface area contributed by atoms with E-state index in [2.05, 4.69) is 46.3 Å². The zero-order valence-electron chi connectivity index (χ0n) is 17.8. The third kappa shape index (κ3) is 4.03. The van der Waals surface area contributed by atoms with Crippen LogP contribution in [-0.4, -0.2) is 41.8 Å². The highest BCUT2D eigenvalue weighted by Crippen LogP contribution is 2.28. The lowest BCUT2D eigenvalue weighted by atomic mass is 10.00. The molecule has 1 saturated heterocycles. The number of carbonyl (C=O) groups excluding carboxylic acids is 3. The number of hydrogen-bond donors (Lipinski definition) is 3. The first kappa shape index (κ1) is 20.5. The van der Waals surface area contributed by atoms with E-state index in [1.54, 1.807) is 4.90 Å². The Labute approximate surface area is 186 Å². The van der Waals surface area contributed by atoms with Crippen molar-refractivity contribution in [1.29, 1.82) is 0 Å². The highest BCUT2D eigenvalue weighted by atomic mass is 16.2. The van der Waals surface area contributed by atoms with Crippen molar-refractivity contribution in [2.24, 2.45) is 0 Å². The van der Waals surface area contributed by atoms with Crippen molar-refractivity contribution in [3.8, 4) is 0 Å². The first-order valence-corrected chi connectivity index (χ1v) is 11.1. The molecule has 164 valence electrons. The second-order valence-electron chi connectivity index (χ2n) is 8.51. The zero-order valence-corrected chi connectivity index (χ0v) is 17.8. The Bertz CT molecular complexity index is 1110.